The van der Waals surface area contributed by atoms with Crippen LogP contribution in [0, 0.1) is 11.3 Å². The Balaban J connectivity index is 2.13. The highest BCUT2D eigenvalue weighted by molar-refractivity contribution is 5.95. The third-order valence-corrected chi connectivity index (χ3v) is 4.27. The molecular formula is C14H20N2O4. The van der Waals surface area contributed by atoms with Crippen LogP contribution in [0.15, 0.2) is 16.5 Å². The van der Waals surface area contributed by atoms with Crippen molar-refractivity contribution in [1.82, 2.24) is 4.90 Å². The first-order valence-corrected chi connectivity index (χ1v) is 6.69. The fraction of sp³-hybridized carbons (Fsp3) is 0.571. The van der Waals surface area contributed by atoms with Crippen LogP contribution < -0.4 is 5.73 Å². The van der Waals surface area contributed by atoms with Gasteiger partial charge in [-0.25, -0.2) is 0 Å². The number of carbonyl (C=O) groups is 2. The molecule has 1 unspecified atom stereocenters. The van der Waals surface area contributed by atoms with E-state index in [0.29, 0.717) is 13.1 Å². The molecule has 0 saturated carbocycles. The minimum absolute atomic E-state index is 0.0233. The Kier molecular flexibility index (Phi) is 3.85. The van der Waals surface area contributed by atoms with Gasteiger partial charge in [0.15, 0.2) is 11.5 Å². The predicted octanol–water partition coefficient (Wildman–Crippen LogP) is 0.859. The summed E-state index contributed by atoms with van der Waals surface area (Å²) in [5.41, 5.74) is 4.84. The van der Waals surface area contributed by atoms with E-state index in [1.807, 2.05) is 13.8 Å². The maximum atomic E-state index is 12.3. The first-order chi connectivity index (χ1) is 9.39. The molecular weight excluding hydrogens is 260 g/mol. The van der Waals surface area contributed by atoms with E-state index in [0.717, 1.165) is 6.42 Å². The first kappa shape index (κ1) is 14.6. The van der Waals surface area contributed by atoms with Crippen molar-refractivity contribution in [1.29, 1.82) is 0 Å². The van der Waals surface area contributed by atoms with Gasteiger partial charge in [-0.1, -0.05) is 13.8 Å². The Morgan fingerprint density at radius 1 is 1.45 bits per heavy atom. The molecule has 0 aromatic carbocycles. The maximum absolute atomic E-state index is 12.3. The largest absolute Gasteiger partial charge is 0.446 e. The molecule has 2 heterocycles. The molecule has 0 radical (unpaired) electrons. The number of amides is 2. The average molecular weight is 280 g/mol. The van der Waals surface area contributed by atoms with Crippen molar-refractivity contribution < 1.29 is 19.1 Å². The SMILES string of the molecule is CC(C)C1(CO)CCN(C(=O)c2ccc(C(N)=O)o2)C1. The first-order valence-electron chi connectivity index (χ1n) is 6.69. The Morgan fingerprint density at radius 3 is 2.55 bits per heavy atom. The molecule has 6 nitrogen and oxygen atoms in total. The lowest BCUT2D eigenvalue weighted by Crippen LogP contribution is -2.37. The van der Waals surface area contributed by atoms with Gasteiger partial charge in [0.2, 0.25) is 0 Å². The van der Waals surface area contributed by atoms with E-state index in [4.69, 9.17) is 10.2 Å². The number of furan rings is 1. The zero-order valence-electron chi connectivity index (χ0n) is 11.8. The van der Waals surface area contributed by atoms with Gasteiger partial charge in [0.25, 0.3) is 11.8 Å². The molecule has 20 heavy (non-hydrogen) atoms. The molecule has 6 heteroatoms. The van der Waals surface area contributed by atoms with Crippen molar-refractivity contribution >= 4 is 11.8 Å². The molecule has 1 aromatic rings. The highest BCUT2D eigenvalue weighted by atomic mass is 16.4. The summed E-state index contributed by atoms with van der Waals surface area (Å²) in [4.78, 5) is 24.9. The molecule has 1 fully saturated rings. The second kappa shape index (κ2) is 5.28. The standard InChI is InChI=1S/C14H20N2O4/c1-9(2)14(8-17)5-6-16(7-14)13(19)11-4-3-10(20-11)12(15)18/h3-4,9,17H,5-8H2,1-2H3,(H2,15,18). The monoisotopic (exact) mass is 280 g/mol. The molecule has 0 spiro atoms. The molecule has 1 aliphatic heterocycles. The number of carbonyl (C=O) groups excluding carboxylic acids is 2. The number of rotatable bonds is 4. The topological polar surface area (TPSA) is 96.8 Å². The van der Waals surface area contributed by atoms with Gasteiger partial charge in [-0.3, -0.25) is 9.59 Å². The van der Waals surface area contributed by atoms with Gasteiger partial charge in [0, 0.05) is 18.5 Å². The highest BCUT2D eigenvalue weighted by Crippen LogP contribution is 2.37. The summed E-state index contributed by atoms with van der Waals surface area (Å²) in [6.45, 7) is 5.21. The quantitative estimate of drug-likeness (QED) is 0.854. The summed E-state index contributed by atoms with van der Waals surface area (Å²) in [5.74, 6) is -0.602. The predicted molar refractivity (Wildman–Crippen MR) is 72.1 cm³/mol. The summed E-state index contributed by atoms with van der Waals surface area (Å²) in [6, 6.07) is 2.85. The Hall–Kier alpha value is -1.82. The molecule has 2 rings (SSSR count). The Morgan fingerprint density at radius 2 is 2.10 bits per heavy atom. The van der Waals surface area contributed by atoms with Gasteiger partial charge in [0.05, 0.1) is 6.61 Å². The molecule has 110 valence electrons. The lowest BCUT2D eigenvalue weighted by molar-refractivity contribution is 0.0626. The van der Waals surface area contributed by atoms with Crippen LogP contribution in [0.5, 0.6) is 0 Å². The molecule has 0 aliphatic carbocycles. The second-order valence-corrected chi connectivity index (χ2v) is 5.68. The van der Waals surface area contributed by atoms with E-state index in [9.17, 15) is 14.7 Å². The minimum atomic E-state index is -0.697. The maximum Gasteiger partial charge on any atom is 0.289 e. The van der Waals surface area contributed by atoms with Crippen molar-refractivity contribution in [2.24, 2.45) is 17.1 Å². The van der Waals surface area contributed by atoms with Gasteiger partial charge < -0.3 is 20.2 Å². The van der Waals surface area contributed by atoms with Crippen molar-refractivity contribution in [3.8, 4) is 0 Å². The third kappa shape index (κ3) is 2.43. The van der Waals surface area contributed by atoms with Gasteiger partial charge >= 0.3 is 0 Å². The van der Waals surface area contributed by atoms with Crippen LogP contribution in [-0.4, -0.2) is 41.5 Å². The number of nitrogens with zero attached hydrogens (tertiary/aromatic N) is 1. The summed E-state index contributed by atoms with van der Waals surface area (Å²) in [5, 5.41) is 9.61. The van der Waals surface area contributed by atoms with Crippen molar-refractivity contribution in [3.05, 3.63) is 23.7 Å². The van der Waals surface area contributed by atoms with Crippen LogP contribution in [0.25, 0.3) is 0 Å². The van der Waals surface area contributed by atoms with Gasteiger partial charge in [-0.05, 0) is 24.5 Å². The number of aliphatic hydroxyl groups is 1. The Labute approximate surface area is 117 Å². The van der Waals surface area contributed by atoms with Crippen molar-refractivity contribution in [2.45, 2.75) is 20.3 Å². The van der Waals surface area contributed by atoms with Gasteiger partial charge in [-0.15, -0.1) is 0 Å². The number of primary amides is 1. The summed E-state index contributed by atoms with van der Waals surface area (Å²) >= 11 is 0. The van der Waals surface area contributed by atoms with E-state index in [-0.39, 0.29) is 35.4 Å². The molecule has 1 aliphatic rings. The Bertz CT molecular complexity index is 523. The van der Waals surface area contributed by atoms with E-state index < -0.39 is 5.91 Å². The van der Waals surface area contributed by atoms with Crippen LogP contribution in [-0.2, 0) is 0 Å². The molecule has 3 N–H and O–H groups in total. The minimum Gasteiger partial charge on any atom is -0.446 e. The molecule has 2 amide bonds. The van der Waals surface area contributed by atoms with Crippen LogP contribution in [0.1, 0.15) is 41.4 Å². The second-order valence-electron chi connectivity index (χ2n) is 5.68. The number of aliphatic hydroxyl groups excluding tert-OH is 1. The number of nitrogens with two attached hydrogens (primary N) is 1. The van der Waals surface area contributed by atoms with Crippen LogP contribution in [0.2, 0.25) is 0 Å². The van der Waals surface area contributed by atoms with Crippen LogP contribution in [0.4, 0.5) is 0 Å². The van der Waals surface area contributed by atoms with Crippen molar-refractivity contribution in [3.63, 3.8) is 0 Å². The van der Waals surface area contributed by atoms with Crippen molar-refractivity contribution in [2.75, 3.05) is 19.7 Å². The lowest BCUT2D eigenvalue weighted by Gasteiger charge is -2.31. The third-order valence-electron chi connectivity index (χ3n) is 4.27. The fourth-order valence-corrected chi connectivity index (χ4v) is 2.59. The summed E-state index contributed by atoms with van der Waals surface area (Å²) < 4.78 is 5.15. The summed E-state index contributed by atoms with van der Waals surface area (Å²) in [6.07, 6.45) is 0.760. The smallest absolute Gasteiger partial charge is 0.289 e. The fourth-order valence-electron chi connectivity index (χ4n) is 2.59. The van der Waals surface area contributed by atoms with E-state index >= 15 is 0 Å². The molecule has 0 bridgehead atoms. The zero-order valence-corrected chi connectivity index (χ0v) is 11.8. The number of hydrogen-bond donors (Lipinski definition) is 2. The lowest BCUT2D eigenvalue weighted by atomic mass is 9.77. The van der Waals surface area contributed by atoms with Crippen LogP contribution in [0.3, 0.4) is 0 Å². The van der Waals surface area contributed by atoms with Gasteiger partial charge in [-0.2, -0.15) is 0 Å². The zero-order chi connectivity index (χ0) is 14.9. The van der Waals surface area contributed by atoms with E-state index in [1.165, 1.54) is 12.1 Å². The van der Waals surface area contributed by atoms with Crippen LogP contribution >= 0.6 is 0 Å². The van der Waals surface area contributed by atoms with E-state index in [1.54, 1.807) is 4.90 Å². The molecule has 1 saturated heterocycles. The highest BCUT2D eigenvalue weighted by Gasteiger charge is 2.42. The summed E-state index contributed by atoms with van der Waals surface area (Å²) in [7, 11) is 0. The number of hydrogen-bond acceptors (Lipinski definition) is 4. The molecule has 1 atom stereocenters. The van der Waals surface area contributed by atoms with Gasteiger partial charge in [0.1, 0.15) is 0 Å². The molecule has 1 aromatic heterocycles. The average Bonchev–Trinajstić information content (AvgIpc) is 3.05. The number of likely N-dealkylation sites (tertiary alicyclic amines) is 1. The normalized spacial score (nSPS) is 22.5. The van der Waals surface area contributed by atoms with E-state index in [2.05, 4.69) is 0 Å².